The molecule has 1 aromatic rings. The minimum atomic E-state index is -0.161. The fourth-order valence-electron chi connectivity index (χ4n) is 1.37. The third kappa shape index (κ3) is 5.35. The first-order valence-electron chi connectivity index (χ1n) is 5.64. The maximum absolute atomic E-state index is 6.11. The largest absolute Gasteiger partial charge is 0.489 e. The van der Waals surface area contributed by atoms with Gasteiger partial charge < -0.3 is 9.47 Å². The molecule has 0 amide bonds. The van der Waals surface area contributed by atoms with Crippen molar-refractivity contribution in [3.8, 4) is 5.75 Å². The molecule has 5 heteroatoms. The lowest BCUT2D eigenvalue weighted by Crippen LogP contribution is -2.22. The molecule has 0 heterocycles. The van der Waals surface area contributed by atoms with Crippen LogP contribution in [0.1, 0.15) is 26.3 Å². The molecule has 0 aliphatic rings. The predicted molar refractivity (Wildman–Crippen MR) is 80.3 cm³/mol. The van der Waals surface area contributed by atoms with Gasteiger partial charge in [-0.3, -0.25) is 0 Å². The van der Waals surface area contributed by atoms with E-state index in [-0.39, 0.29) is 5.60 Å². The predicted octanol–water partition coefficient (Wildman–Crippen LogP) is 5.08. The Morgan fingerprint density at radius 1 is 1.17 bits per heavy atom. The lowest BCUT2D eigenvalue weighted by Gasteiger charge is -2.20. The van der Waals surface area contributed by atoms with Crippen LogP contribution in [-0.2, 0) is 10.1 Å². The van der Waals surface area contributed by atoms with Crippen molar-refractivity contribution in [3.63, 3.8) is 0 Å². The van der Waals surface area contributed by atoms with Gasteiger partial charge in [0, 0.05) is 15.9 Å². The van der Waals surface area contributed by atoms with E-state index in [1.165, 1.54) is 0 Å². The van der Waals surface area contributed by atoms with Gasteiger partial charge in [0.25, 0.3) is 0 Å². The van der Waals surface area contributed by atoms with Gasteiger partial charge in [0.2, 0.25) is 0 Å². The van der Waals surface area contributed by atoms with Crippen LogP contribution in [0.2, 0.25) is 10.0 Å². The Morgan fingerprint density at radius 2 is 1.83 bits per heavy atom. The van der Waals surface area contributed by atoms with E-state index in [1.54, 1.807) is 6.07 Å². The first kappa shape index (κ1) is 16.1. The first-order valence-corrected chi connectivity index (χ1v) is 7.52. The van der Waals surface area contributed by atoms with Crippen molar-refractivity contribution in [2.24, 2.45) is 0 Å². The topological polar surface area (TPSA) is 18.5 Å². The van der Waals surface area contributed by atoms with E-state index in [0.29, 0.717) is 34.3 Å². The second-order valence-corrected chi connectivity index (χ2v) is 6.22. The molecule has 0 unspecified atom stereocenters. The summed E-state index contributed by atoms with van der Waals surface area (Å²) in [6.07, 6.45) is 0. The molecule has 1 aromatic carbocycles. The lowest BCUT2D eigenvalue weighted by atomic mass is 10.2. The molecular formula is C13H17BrCl2O2. The number of hydrogen-bond donors (Lipinski definition) is 0. The molecule has 102 valence electrons. The maximum atomic E-state index is 6.11. The summed E-state index contributed by atoms with van der Waals surface area (Å²) in [6, 6.07) is 3.51. The Balaban J connectivity index is 2.62. The second kappa shape index (κ2) is 6.99. The molecular weight excluding hydrogens is 339 g/mol. The molecule has 0 fully saturated rings. The van der Waals surface area contributed by atoms with Gasteiger partial charge in [-0.05, 0) is 32.9 Å². The van der Waals surface area contributed by atoms with Crippen LogP contribution in [0.25, 0.3) is 0 Å². The number of hydrogen-bond acceptors (Lipinski definition) is 2. The Bertz CT molecular complexity index is 403. The second-order valence-electron chi connectivity index (χ2n) is 4.82. The van der Waals surface area contributed by atoms with Crippen LogP contribution in [0.5, 0.6) is 5.75 Å². The van der Waals surface area contributed by atoms with Crippen LogP contribution in [-0.4, -0.2) is 18.8 Å². The molecule has 0 radical (unpaired) electrons. The van der Waals surface area contributed by atoms with Crippen molar-refractivity contribution in [1.82, 2.24) is 0 Å². The van der Waals surface area contributed by atoms with Crippen LogP contribution in [0, 0.1) is 0 Å². The summed E-state index contributed by atoms with van der Waals surface area (Å²) in [5, 5.41) is 1.77. The molecule has 2 nitrogen and oxygen atoms in total. The molecule has 0 aromatic heterocycles. The Morgan fingerprint density at radius 3 is 2.39 bits per heavy atom. The zero-order valence-electron chi connectivity index (χ0n) is 10.7. The van der Waals surface area contributed by atoms with Gasteiger partial charge in [0.15, 0.2) is 0 Å². The van der Waals surface area contributed by atoms with Crippen molar-refractivity contribution in [3.05, 3.63) is 27.7 Å². The number of halogens is 3. The van der Waals surface area contributed by atoms with Crippen molar-refractivity contribution in [2.45, 2.75) is 31.7 Å². The number of ether oxygens (including phenoxy) is 2. The average molecular weight is 356 g/mol. The Hall–Kier alpha value is 0.0400. The van der Waals surface area contributed by atoms with Gasteiger partial charge in [-0.25, -0.2) is 0 Å². The Kier molecular flexibility index (Phi) is 6.25. The van der Waals surface area contributed by atoms with E-state index in [9.17, 15) is 0 Å². The van der Waals surface area contributed by atoms with Crippen molar-refractivity contribution in [2.75, 3.05) is 13.2 Å². The quantitative estimate of drug-likeness (QED) is 0.541. The highest BCUT2D eigenvalue weighted by molar-refractivity contribution is 9.08. The summed E-state index contributed by atoms with van der Waals surface area (Å²) in [4.78, 5) is 0. The van der Waals surface area contributed by atoms with Gasteiger partial charge in [0.1, 0.15) is 12.4 Å². The van der Waals surface area contributed by atoms with E-state index in [0.717, 1.165) is 5.56 Å². The highest BCUT2D eigenvalue weighted by atomic mass is 79.9. The van der Waals surface area contributed by atoms with Crippen LogP contribution in [0.15, 0.2) is 12.1 Å². The number of benzene rings is 1. The highest BCUT2D eigenvalue weighted by Gasteiger charge is 2.12. The standard InChI is InChI=1S/C13H17BrCl2O2/c1-13(2,3)18-5-4-17-12-9(8-14)6-10(15)7-11(12)16/h6-7H,4-5,8H2,1-3H3. The fourth-order valence-corrected chi connectivity index (χ4v) is 2.37. The maximum Gasteiger partial charge on any atom is 0.142 e. The normalized spacial score (nSPS) is 11.7. The third-order valence-corrected chi connectivity index (χ3v) is 3.20. The van der Waals surface area contributed by atoms with Gasteiger partial charge >= 0.3 is 0 Å². The number of rotatable bonds is 5. The molecule has 0 atom stereocenters. The molecule has 0 bridgehead atoms. The van der Waals surface area contributed by atoms with Gasteiger partial charge in [-0.15, -0.1) is 0 Å². The smallest absolute Gasteiger partial charge is 0.142 e. The van der Waals surface area contributed by atoms with Crippen molar-refractivity contribution in [1.29, 1.82) is 0 Å². The highest BCUT2D eigenvalue weighted by Crippen LogP contribution is 2.33. The molecule has 0 aliphatic heterocycles. The first-order chi connectivity index (χ1) is 8.33. The fraction of sp³-hybridized carbons (Fsp3) is 0.538. The van der Waals surface area contributed by atoms with Gasteiger partial charge in [0.05, 0.1) is 17.2 Å². The minimum absolute atomic E-state index is 0.161. The summed E-state index contributed by atoms with van der Waals surface area (Å²) in [5.41, 5.74) is 0.772. The van der Waals surface area contributed by atoms with Gasteiger partial charge in [-0.2, -0.15) is 0 Å². The van der Waals surface area contributed by atoms with E-state index in [2.05, 4.69) is 15.9 Å². The summed E-state index contributed by atoms with van der Waals surface area (Å²) in [6.45, 7) is 6.99. The average Bonchev–Trinajstić information content (AvgIpc) is 2.24. The summed E-state index contributed by atoms with van der Waals surface area (Å²) in [5.74, 6) is 0.662. The zero-order valence-corrected chi connectivity index (χ0v) is 13.8. The Labute approximate surface area is 127 Å². The van der Waals surface area contributed by atoms with Crippen molar-refractivity contribution >= 4 is 39.1 Å². The van der Waals surface area contributed by atoms with Crippen LogP contribution in [0.4, 0.5) is 0 Å². The van der Waals surface area contributed by atoms with Crippen LogP contribution in [0.3, 0.4) is 0 Å². The summed E-state index contributed by atoms with van der Waals surface area (Å²) < 4.78 is 11.2. The van der Waals surface area contributed by atoms with E-state index in [4.69, 9.17) is 32.7 Å². The van der Waals surface area contributed by atoms with Gasteiger partial charge in [-0.1, -0.05) is 39.1 Å². The molecule has 18 heavy (non-hydrogen) atoms. The number of alkyl halides is 1. The summed E-state index contributed by atoms with van der Waals surface area (Å²) in [7, 11) is 0. The van der Waals surface area contributed by atoms with E-state index < -0.39 is 0 Å². The monoisotopic (exact) mass is 354 g/mol. The molecule has 0 saturated carbocycles. The van der Waals surface area contributed by atoms with Crippen LogP contribution < -0.4 is 4.74 Å². The minimum Gasteiger partial charge on any atom is -0.489 e. The van der Waals surface area contributed by atoms with E-state index in [1.807, 2.05) is 26.8 Å². The van der Waals surface area contributed by atoms with E-state index >= 15 is 0 Å². The molecule has 0 spiro atoms. The summed E-state index contributed by atoms with van der Waals surface area (Å²) >= 11 is 15.4. The molecule has 0 aliphatic carbocycles. The molecule has 0 N–H and O–H groups in total. The molecule has 1 rings (SSSR count). The SMILES string of the molecule is CC(C)(C)OCCOc1c(Cl)cc(Cl)cc1CBr. The third-order valence-electron chi connectivity index (χ3n) is 2.09. The van der Waals surface area contributed by atoms with Crippen molar-refractivity contribution < 1.29 is 9.47 Å². The van der Waals surface area contributed by atoms with Crippen LogP contribution >= 0.6 is 39.1 Å². The zero-order chi connectivity index (χ0) is 13.8. The lowest BCUT2D eigenvalue weighted by molar-refractivity contribution is -0.0163. The molecule has 0 saturated heterocycles.